The molecule has 2 saturated heterocycles. The van der Waals surface area contributed by atoms with Crippen LogP contribution in [0.2, 0.25) is 0 Å². The van der Waals surface area contributed by atoms with Crippen molar-refractivity contribution in [2.75, 3.05) is 19.6 Å². The van der Waals surface area contributed by atoms with Crippen molar-refractivity contribution in [3.8, 4) is 0 Å². The van der Waals surface area contributed by atoms with Crippen molar-refractivity contribution in [3.05, 3.63) is 20.8 Å². The summed E-state index contributed by atoms with van der Waals surface area (Å²) in [5, 5.41) is 5.87. The highest BCUT2D eigenvalue weighted by Crippen LogP contribution is 2.27. The Hall–Kier alpha value is 0.1000. The van der Waals surface area contributed by atoms with Gasteiger partial charge in [-0.25, -0.2) is 0 Å². The molecule has 3 rings (SSSR count). The van der Waals surface area contributed by atoms with Crippen LogP contribution in [0.5, 0.6) is 0 Å². The molecule has 0 saturated carbocycles. The lowest BCUT2D eigenvalue weighted by atomic mass is 9.90. The monoisotopic (exact) mass is 328 g/mol. The number of piperidine rings is 1. The number of hydrogen-bond acceptors (Lipinski definition) is 3. The van der Waals surface area contributed by atoms with Gasteiger partial charge in [0, 0.05) is 33.9 Å². The Kier molecular flexibility index (Phi) is 4.39. The summed E-state index contributed by atoms with van der Waals surface area (Å²) < 4.78 is 1.23. The van der Waals surface area contributed by atoms with Crippen LogP contribution in [-0.4, -0.2) is 30.6 Å². The zero-order valence-electron chi connectivity index (χ0n) is 10.7. The van der Waals surface area contributed by atoms with E-state index in [9.17, 15) is 0 Å². The van der Waals surface area contributed by atoms with Crippen LogP contribution >= 0.6 is 27.3 Å². The van der Waals surface area contributed by atoms with Gasteiger partial charge in [-0.1, -0.05) is 0 Å². The summed E-state index contributed by atoms with van der Waals surface area (Å²) in [6.07, 6.45) is 5.56. The summed E-state index contributed by atoms with van der Waals surface area (Å²) in [5.41, 5.74) is 0. The molecule has 2 fully saturated rings. The third kappa shape index (κ3) is 3.16. The fourth-order valence-corrected chi connectivity index (χ4v) is 4.83. The predicted molar refractivity (Wildman–Crippen MR) is 81.0 cm³/mol. The molecule has 4 heteroatoms. The summed E-state index contributed by atoms with van der Waals surface area (Å²) in [6, 6.07) is 3.06. The molecule has 2 aliphatic rings. The third-order valence-corrected chi connectivity index (χ3v) is 5.89. The Morgan fingerprint density at radius 2 is 2.33 bits per heavy atom. The standard InChI is InChI=1S/C14H21BrN2S/c15-12-7-13(18-10-12)9-17-6-2-3-11(8-17)14-4-1-5-16-14/h7,10-11,14,16H,1-6,8-9H2. The molecule has 0 aromatic carbocycles. The molecule has 1 aromatic heterocycles. The van der Waals surface area contributed by atoms with Gasteiger partial charge in [-0.3, -0.25) is 4.90 Å². The van der Waals surface area contributed by atoms with Gasteiger partial charge in [0.2, 0.25) is 0 Å². The quantitative estimate of drug-likeness (QED) is 0.913. The maximum absolute atomic E-state index is 3.68. The number of nitrogens with one attached hydrogen (secondary N) is 1. The number of rotatable bonds is 3. The summed E-state index contributed by atoms with van der Waals surface area (Å²) in [5.74, 6) is 0.879. The van der Waals surface area contributed by atoms with Crippen molar-refractivity contribution >= 4 is 27.3 Å². The molecule has 3 heterocycles. The van der Waals surface area contributed by atoms with Crippen molar-refractivity contribution in [3.63, 3.8) is 0 Å². The Bertz CT molecular complexity index is 387. The van der Waals surface area contributed by atoms with Crippen LogP contribution in [0.3, 0.4) is 0 Å². The first-order valence-corrected chi connectivity index (χ1v) is 8.67. The van der Waals surface area contributed by atoms with Crippen LogP contribution in [0.25, 0.3) is 0 Å². The largest absolute Gasteiger partial charge is 0.314 e. The van der Waals surface area contributed by atoms with Gasteiger partial charge in [0.15, 0.2) is 0 Å². The highest BCUT2D eigenvalue weighted by molar-refractivity contribution is 9.10. The topological polar surface area (TPSA) is 15.3 Å². The van der Waals surface area contributed by atoms with Gasteiger partial charge in [-0.05, 0) is 66.7 Å². The molecular formula is C14H21BrN2S. The molecule has 2 nitrogen and oxygen atoms in total. The van der Waals surface area contributed by atoms with Crippen LogP contribution in [0.15, 0.2) is 15.9 Å². The molecule has 0 radical (unpaired) electrons. The molecule has 0 amide bonds. The molecule has 2 atom stereocenters. The van der Waals surface area contributed by atoms with Gasteiger partial charge in [0.05, 0.1) is 0 Å². The number of halogens is 1. The van der Waals surface area contributed by atoms with Crippen LogP contribution in [0.1, 0.15) is 30.6 Å². The molecule has 0 aliphatic carbocycles. The van der Waals surface area contributed by atoms with Gasteiger partial charge >= 0.3 is 0 Å². The molecule has 0 bridgehead atoms. The minimum atomic E-state index is 0.794. The van der Waals surface area contributed by atoms with E-state index in [1.165, 1.54) is 54.7 Å². The van der Waals surface area contributed by atoms with E-state index in [1.54, 1.807) is 0 Å². The summed E-state index contributed by atoms with van der Waals surface area (Å²) in [7, 11) is 0. The van der Waals surface area contributed by atoms with Gasteiger partial charge in [-0.15, -0.1) is 11.3 Å². The SMILES string of the molecule is Brc1csc(CN2CCCC(C3CCCN3)C2)c1. The summed E-state index contributed by atoms with van der Waals surface area (Å²) in [6.45, 7) is 4.93. The molecule has 1 N–H and O–H groups in total. The van der Waals surface area contributed by atoms with Crippen molar-refractivity contribution in [1.29, 1.82) is 0 Å². The Morgan fingerprint density at radius 1 is 1.39 bits per heavy atom. The summed E-state index contributed by atoms with van der Waals surface area (Å²) in [4.78, 5) is 4.13. The Morgan fingerprint density at radius 3 is 3.06 bits per heavy atom. The van der Waals surface area contributed by atoms with Crippen LogP contribution < -0.4 is 5.32 Å². The fourth-order valence-electron chi connectivity index (χ4n) is 3.33. The predicted octanol–water partition coefficient (Wildman–Crippen LogP) is 3.47. The van der Waals surface area contributed by atoms with Crippen LogP contribution in [0.4, 0.5) is 0 Å². The second kappa shape index (κ2) is 6.04. The normalized spacial score (nSPS) is 29.8. The maximum Gasteiger partial charge on any atom is 0.0328 e. The highest BCUT2D eigenvalue weighted by atomic mass is 79.9. The molecule has 100 valence electrons. The van der Waals surface area contributed by atoms with E-state index < -0.39 is 0 Å². The van der Waals surface area contributed by atoms with E-state index >= 15 is 0 Å². The van der Waals surface area contributed by atoms with Crippen molar-refractivity contribution < 1.29 is 0 Å². The third-order valence-electron chi connectivity index (χ3n) is 4.21. The van der Waals surface area contributed by atoms with E-state index in [2.05, 4.69) is 37.6 Å². The van der Waals surface area contributed by atoms with Gasteiger partial charge in [0.25, 0.3) is 0 Å². The Balaban J connectivity index is 1.56. The first-order valence-electron chi connectivity index (χ1n) is 7.00. The highest BCUT2D eigenvalue weighted by Gasteiger charge is 2.28. The minimum absolute atomic E-state index is 0.794. The smallest absolute Gasteiger partial charge is 0.0328 e. The number of nitrogens with zero attached hydrogens (tertiary/aromatic N) is 1. The summed E-state index contributed by atoms with van der Waals surface area (Å²) >= 11 is 5.42. The second-order valence-electron chi connectivity index (χ2n) is 5.57. The first-order chi connectivity index (χ1) is 8.81. The lowest BCUT2D eigenvalue weighted by molar-refractivity contribution is 0.146. The molecular weight excluding hydrogens is 308 g/mol. The number of hydrogen-bond donors (Lipinski definition) is 1. The molecule has 0 spiro atoms. The Labute approximate surface area is 122 Å². The molecule has 2 aliphatic heterocycles. The van der Waals surface area contributed by atoms with Crippen LogP contribution in [-0.2, 0) is 6.54 Å². The van der Waals surface area contributed by atoms with Gasteiger partial charge < -0.3 is 5.32 Å². The van der Waals surface area contributed by atoms with E-state index in [4.69, 9.17) is 0 Å². The fraction of sp³-hybridized carbons (Fsp3) is 0.714. The van der Waals surface area contributed by atoms with Gasteiger partial charge in [0.1, 0.15) is 0 Å². The zero-order valence-corrected chi connectivity index (χ0v) is 13.1. The maximum atomic E-state index is 3.68. The van der Waals surface area contributed by atoms with Crippen molar-refractivity contribution in [2.24, 2.45) is 5.92 Å². The molecule has 18 heavy (non-hydrogen) atoms. The first kappa shape index (κ1) is 13.1. The number of thiophene rings is 1. The second-order valence-corrected chi connectivity index (χ2v) is 7.48. The average molecular weight is 329 g/mol. The van der Waals surface area contributed by atoms with Crippen molar-refractivity contribution in [1.82, 2.24) is 10.2 Å². The van der Waals surface area contributed by atoms with Gasteiger partial charge in [-0.2, -0.15) is 0 Å². The number of likely N-dealkylation sites (tertiary alicyclic amines) is 1. The van der Waals surface area contributed by atoms with E-state index in [0.717, 1.165) is 18.5 Å². The lowest BCUT2D eigenvalue weighted by Crippen LogP contribution is -2.43. The molecule has 2 unspecified atom stereocenters. The lowest BCUT2D eigenvalue weighted by Gasteiger charge is -2.35. The van der Waals surface area contributed by atoms with E-state index in [-0.39, 0.29) is 0 Å². The average Bonchev–Trinajstić information content (AvgIpc) is 3.01. The minimum Gasteiger partial charge on any atom is -0.314 e. The van der Waals surface area contributed by atoms with Crippen molar-refractivity contribution in [2.45, 2.75) is 38.3 Å². The van der Waals surface area contributed by atoms with Crippen LogP contribution in [0, 0.1) is 5.92 Å². The molecule has 1 aromatic rings. The zero-order chi connectivity index (χ0) is 12.4. The van der Waals surface area contributed by atoms with E-state index in [1.807, 2.05) is 11.3 Å². The van der Waals surface area contributed by atoms with E-state index in [0.29, 0.717) is 0 Å².